The number of hydrogen-bond donors (Lipinski definition) is 4. The SMILES string of the molecule is CC1OCCC1NC(=O)NC(CC(N)=O)C(=O)O. The maximum Gasteiger partial charge on any atom is 0.326 e. The third-order valence-corrected chi connectivity index (χ3v) is 2.70. The Balaban J connectivity index is 2.45. The lowest BCUT2D eigenvalue weighted by molar-refractivity contribution is -0.140. The van der Waals surface area contributed by atoms with Gasteiger partial charge < -0.3 is 26.2 Å². The lowest BCUT2D eigenvalue weighted by atomic mass is 10.1. The molecular formula is C10H17N3O5. The standard InChI is InChI=1S/C10H17N3O5/c1-5-6(2-3-18-5)12-10(17)13-7(9(15)16)4-8(11)14/h5-7H,2-4H2,1H3,(H2,11,14)(H,15,16)(H2,12,13,17). The van der Waals surface area contributed by atoms with Crippen LogP contribution in [-0.2, 0) is 14.3 Å². The average Bonchev–Trinajstić information content (AvgIpc) is 2.62. The fraction of sp³-hybridized carbons (Fsp3) is 0.700. The van der Waals surface area contributed by atoms with Crippen LogP contribution in [0.4, 0.5) is 4.79 Å². The molecule has 0 spiro atoms. The van der Waals surface area contributed by atoms with Crippen molar-refractivity contribution in [1.29, 1.82) is 0 Å². The van der Waals surface area contributed by atoms with Gasteiger partial charge in [0.15, 0.2) is 0 Å². The fourth-order valence-electron chi connectivity index (χ4n) is 1.69. The van der Waals surface area contributed by atoms with Crippen LogP contribution in [-0.4, -0.2) is 47.8 Å². The summed E-state index contributed by atoms with van der Waals surface area (Å²) in [5.41, 5.74) is 4.90. The van der Waals surface area contributed by atoms with Crippen LogP contribution in [0.25, 0.3) is 0 Å². The molecule has 1 heterocycles. The lowest BCUT2D eigenvalue weighted by Crippen LogP contribution is -2.51. The van der Waals surface area contributed by atoms with Crippen molar-refractivity contribution in [2.75, 3.05) is 6.61 Å². The summed E-state index contributed by atoms with van der Waals surface area (Å²) in [6.45, 7) is 2.37. The van der Waals surface area contributed by atoms with Crippen molar-refractivity contribution in [3.63, 3.8) is 0 Å². The highest BCUT2D eigenvalue weighted by Gasteiger charge is 2.28. The van der Waals surface area contributed by atoms with E-state index in [1.54, 1.807) is 0 Å². The van der Waals surface area contributed by atoms with Crippen molar-refractivity contribution in [2.45, 2.75) is 38.0 Å². The second-order valence-corrected chi connectivity index (χ2v) is 4.15. The molecule has 18 heavy (non-hydrogen) atoms. The van der Waals surface area contributed by atoms with Gasteiger partial charge in [-0.25, -0.2) is 9.59 Å². The number of carbonyl (C=O) groups is 3. The number of rotatable bonds is 5. The predicted molar refractivity (Wildman–Crippen MR) is 60.7 cm³/mol. The van der Waals surface area contributed by atoms with Crippen molar-refractivity contribution in [3.8, 4) is 0 Å². The van der Waals surface area contributed by atoms with E-state index in [9.17, 15) is 14.4 Å². The van der Waals surface area contributed by atoms with Crippen LogP contribution in [0, 0.1) is 0 Å². The van der Waals surface area contributed by atoms with Crippen LogP contribution in [0.15, 0.2) is 0 Å². The van der Waals surface area contributed by atoms with E-state index >= 15 is 0 Å². The molecule has 3 atom stereocenters. The van der Waals surface area contributed by atoms with Gasteiger partial charge in [-0.1, -0.05) is 0 Å². The number of nitrogens with one attached hydrogen (secondary N) is 2. The second kappa shape index (κ2) is 6.20. The van der Waals surface area contributed by atoms with Gasteiger partial charge in [0.2, 0.25) is 5.91 Å². The summed E-state index contributed by atoms with van der Waals surface area (Å²) < 4.78 is 5.25. The molecule has 1 saturated heterocycles. The Morgan fingerprint density at radius 1 is 1.50 bits per heavy atom. The Morgan fingerprint density at radius 3 is 2.61 bits per heavy atom. The smallest absolute Gasteiger partial charge is 0.326 e. The fourth-order valence-corrected chi connectivity index (χ4v) is 1.69. The molecule has 3 unspecified atom stereocenters. The number of carboxylic acid groups (broad SMARTS) is 1. The Bertz CT molecular complexity index is 346. The third kappa shape index (κ3) is 4.21. The molecule has 102 valence electrons. The van der Waals surface area contributed by atoms with Gasteiger partial charge in [-0.3, -0.25) is 4.79 Å². The number of hydrogen-bond acceptors (Lipinski definition) is 4. The highest BCUT2D eigenvalue weighted by atomic mass is 16.5. The monoisotopic (exact) mass is 259 g/mol. The molecule has 5 N–H and O–H groups in total. The van der Waals surface area contributed by atoms with Crippen LogP contribution in [0.5, 0.6) is 0 Å². The maximum atomic E-state index is 11.5. The van der Waals surface area contributed by atoms with Gasteiger partial charge in [0.25, 0.3) is 0 Å². The summed E-state index contributed by atoms with van der Waals surface area (Å²) in [6, 6.07) is -2.13. The van der Waals surface area contributed by atoms with Crippen LogP contribution >= 0.6 is 0 Å². The zero-order valence-corrected chi connectivity index (χ0v) is 10.0. The quantitative estimate of drug-likeness (QED) is 0.492. The van der Waals surface area contributed by atoms with Crippen molar-refractivity contribution >= 4 is 17.9 Å². The lowest BCUT2D eigenvalue weighted by Gasteiger charge is -2.18. The van der Waals surface area contributed by atoms with Gasteiger partial charge in [0.1, 0.15) is 6.04 Å². The number of carboxylic acids is 1. The highest BCUT2D eigenvalue weighted by Crippen LogP contribution is 2.12. The number of ether oxygens (including phenoxy) is 1. The Labute approximate surface area is 104 Å². The molecule has 0 saturated carbocycles. The number of aliphatic carboxylic acids is 1. The molecule has 1 fully saturated rings. The van der Waals surface area contributed by atoms with Gasteiger partial charge in [-0.05, 0) is 13.3 Å². The molecule has 0 aromatic rings. The molecule has 8 heteroatoms. The number of amides is 3. The van der Waals surface area contributed by atoms with E-state index < -0.39 is 30.4 Å². The number of nitrogens with two attached hydrogens (primary N) is 1. The normalized spacial score (nSPS) is 24.3. The van der Waals surface area contributed by atoms with Gasteiger partial charge >= 0.3 is 12.0 Å². The van der Waals surface area contributed by atoms with E-state index in [0.29, 0.717) is 13.0 Å². The first-order valence-electron chi connectivity index (χ1n) is 5.60. The summed E-state index contributed by atoms with van der Waals surface area (Å²) in [6.07, 6.45) is 0.108. The van der Waals surface area contributed by atoms with E-state index in [0.717, 1.165) is 0 Å². The van der Waals surface area contributed by atoms with E-state index in [2.05, 4.69) is 10.6 Å². The zero-order chi connectivity index (χ0) is 13.7. The minimum atomic E-state index is -1.32. The van der Waals surface area contributed by atoms with Gasteiger partial charge in [0, 0.05) is 6.61 Å². The minimum absolute atomic E-state index is 0.116. The van der Waals surface area contributed by atoms with Gasteiger partial charge in [-0.15, -0.1) is 0 Å². The van der Waals surface area contributed by atoms with Crippen molar-refractivity contribution in [3.05, 3.63) is 0 Å². The van der Waals surface area contributed by atoms with Gasteiger partial charge in [-0.2, -0.15) is 0 Å². The Hall–Kier alpha value is -1.83. The van der Waals surface area contributed by atoms with Gasteiger partial charge in [0.05, 0.1) is 18.6 Å². The second-order valence-electron chi connectivity index (χ2n) is 4.15. The molecule has 0 aromatic heterocycles. The first-order valence-corrected chi connectivity index (χ1v) is 5.60. The summed E-state index contributed by atoms with van der Waals surface area (Å²) in [5, 5.41) is 13.6. The number of urea groups is 1. The Morgan fingerprint density at radius 2 is 2.17 bits per heavy atom. The van der Waals surface area contributed by atoms with E-state index in [1.165, 1.54) is 0 Å². The summed E-state index contributed by atoms with van der Waals surface area (Å²) in [7, 11) is 0. The molecule has 0 bridgehead atoms. The number of primary amides is 1. The van der Waals surface area contributed by atoms with Crippen molar-refractivity contribution in [1.82, 2.24) is 10.6 Å². The molecule has 0 aliphatic carbocycles. The molecule has 8 nitrogen and oxygen atoms in total. The predicted octanol–water partition coefficient (Wildman–Crippen LogP) is -1.21. The summed E-state index contributed by atoms with van der Waals surface area (Å²) in [5.74, 6) is -2.10. The maximum absolute atomic E-state index is 11.5. The molecule has 1 aliphatic heterocycles. The van der Waals surface area contributed by atoms with E-state index in [4.69, 9.17) is 15.6 Å². The first kappa shape index (κ1) is 14.2. The number of carbonyl (C=O) groups excluding carboxylic acids is 2. The summed E-state index contributed by atoms with van der Waals surface area (Å²) in [4.78, 5) is 33.0. The van der Waals surface area contributed by atoms with Crippen molar-refractivity contribution in [2.24, 2.45) is 5.73 Å². The molecule has 3 amide bonds. The third-order valence-electron chi connectivity index (χ3n) is 2.70. The topological polar surface area (TPSA) is 131 Å². The van der Waals surface area contributed by atoms with Crippen molar-refractivity contribution < 1.29 is 24.2 Å². The largest absolute Gasteiger partial charge is 0.480 e. The molecule has 1 aliphatic rings. The molecule has 0 radical (unpaired) electrons. The van der Waals surface area contributed by atoms with E-state index in [-0.39, 0.29) is 12.1 Å². The van der Waals surface area contributed by atoms with Crippen LogP contribution in [0.3, 0.4) is 0 Å². The summed E-state index contributed by atoms with van der Waals surface area (Å²) >= 11 is 0. The minimum Gasteiger partial charge on any atom is -0.480 e. The van der Waals surface area contributed by atoms with Crippen LogP contribution in [0.2, 0.25) is 0 Å². The average molecular weight is 259 g/mol. The van der Waals surface area contributed by atoms with Crippen LogP contribution < -0.4 is 16.4 Å². The molecular weight excluding hydrogens is 242 g/mol. The van der Waals surface area contributed by atoms with Crippen LogP contribution in [0.1, 0.15) is 19.8 Å². The first-order chi connectivity index (χ1) is 8.40. The van der Waals surface area contributed by atoms with E-state index in [1.807, 2.05) is 6.92 Å². The Kier molecular flexibility index (Phi) is 4.90. The highest BCUT2D eigenvalue weighted by molar-refractivity contribution is 5.87. The molecule has 0 aromatic carbocycles. The molecule has 1 rings (SSSR count). The zero-order valence-electron chi connectivity index (χ0n) is 10.0.